The van der Waals surface area contributed by atoms with Crippen molar-refractivity contribution in [1.82, 2.24) is 0 Å². The molecule has 0 fully saturated rings. The predicted molar refractivity (Wildman–Crippen MR) is 63.8 cm³/mol. The number of esters is 1. The van der Waals surface area contributed by atoms with E-state index in [1.54, 1.807) is 19.1 Å². The standard InChI is InChI=1S/C13H23FO2/c1-6-7-11(8-14)13(15)16-12(9(2)3)10(4)5/h6-7,9-12H,8H2,1-5H3/b7-6-. The van der Waals surface area contributed by atoms with Gasteiger partial charge in [0.25, 0.3) is 0 Å². The first-order chi connectivity index (χ1) is 7.43. The van der Waals surface area contributed by atoms with E-state index in [1.807, 2.05) is 27.7 Å². The summed E-state index contributed by atoms with van der Waals surface area (Å²) in [6, 6.07) is 0. The SMILES string of the molecule is C/C=C\C(CF)C(=O)OC(C(C)C)C(C)C. The molecule has 0 N–H and O–H groups in total. The number of alkyl halides is 1. The summed E-state index contributed by atoms with van der Waals surface area (Å²) < 4.78 is 17.9. The summed E-state index contributed by atoms with van der Waals surface area (Å²) in [7, 11) is 0. The van der Waals surface area contributed by atoms with E-state index in [0.29, 0.717) is 0 Å². The van der Waals surface area contributed by atoms with Crippen molar-refractivity contribution >= 4 is 5.97 Å². The topological polar surface area (TPSA) is 26.3 Å². The Morgan fingerprint density at radius 2 is 1.75 bits per heavy atom. The van der Waals surface area contributed by atoms with Gasteiger partial charge in [0, 0.05) is 0 Å². The Balaban J connectivity index is 4.49. The third kappa shape index (κ3) is 4.77. The molecule has 16 heavy (non-hydrogen) atoms. The summed E-state index contributed by atoms with van der Waals surface area (Å²) in [4.78, 5) is 11.7. The van der Waals surface area contributed by atoms with Gasteiger partial charge in [0.15, 0.2) is 0 Å². The predicted octanol–water partition coefficient (Wildman–Crippen LogP) is 3.37. The van der Waals surface area contributed by atoms with Crippen LogP contribution in [0.15, 0.2) is 12.2 Å². The summed E-state index contributed by atoms with van der Waals surface area (Å²) in [5, 5.41) is 0. The highest BCUT2D eigenvalue weighted by molar-refractivity contribution is 5.74. The van der Waals surface area contributed by atoms with E-state index in [4.69, 9.17) is 4.74 Å². The summed E-state index contributed by atoms with van der Waals surface area (Å²) in [5.41, 5.74) is 0. The largest absolute Gasteiger partial charge is 0.461 e. The van der Waals surface area contributed by atoms with Crippen molar-refractivity contribution in [3.8, 4) is 0 Å². The zero-order valence-corrected chi connectivity index (χ0v) is 10.9. The van der Waals surface area contributed by atoms with Crippen molar-refractivity contribution < 1.29 is 13.9 Å². The first kappa shape index (κ1) is 15.1. The number of rotatable bonds is 6. The lowest BCUT2D eigenvalue weighted by Crippen LogP contribution is -2.31. The maximum atomic E-state index is 12.6. The quantitative estimate of drug-likeness (QED) is 0.516. The molecule has 0 rings (SSSR count). The molecule has 0 saturated heterocycles. The summed E-state index contributed by atoms with van der Waals surface area (Å²) >= 11 is 0. The van der Waals surface area contributed by atoms with Crippen molar-refractivity contribution in [1.29, 1.82) is 0 Å². The van der Waals surface area contributed by atoms with Crippen LogP contribution in [0.25, 0.3) is 0 Å². The van der Waals surface area contributed by atoms with Gasteiger partial charge in [0.1, 0.15) is 18.7 Å². The van der Waals surface area contributed by atoms with Gasteiger partial charge in [-0.05, 0) is 18.8 Å². The Morgan fingerprint density at radius 1 is 1.25 bits per heavy atom. The number of carbonyl (C=O) groups excluding carboxylic acids is 1. The molecule has 0 amide bonds. The number of carbonyl (C=O) groups is 1. The van der Waals surface area contributed by atoms with Crippen LogP contribution in [0.5, 0.6) is 0 Å². The molecule has 2 nitrogen and oxygen atoms in total. The Labute approximate surface area is 97.9 Å². The Hall–Kier alpha value is -0.860. The summed E-state index contributed by atoms with van der Waals surface area (Å²) in [6.07, 6.45) is 3.07. The normalized spacial score (nSPS) is 14.1. The van der Waals surface area contributed by atoms with E-state index < -0.39 is 18.6 Å². The highest BCUT2D eigenvalue weighted by Gasteiger charge is 2.25. The molecule has 0 aliphatic rings. The minimum Gasteiger partial charge on any atom is -0.461 e. The summed E-state index contributed by atoms with van der Waals surface area (Å²) in [6.45, 7) is 9.05. The fourth-order valence-electron chi connectivity index (χ4n) is 1.69. The van der Waals surface area contributed by atoms with Gasteiger partial charge in [-0.3, -0.25) is 4.79 Å². The first-order valence-corrected chi connectivity index (χ1v) is 5.83. The lowest BCUT2D eigenvalue weighted by molar-refractivity contribution is -0.157. The molecular formula is C13H23FO2. The van der Waals surface area contributed by atoms with Crippen LogP contribution in [-0.2, 0) is 9.53 Å². The molecule has 0 aliphatic heterocycles. The second-order valence-electron chi connectivity index (χ2n) is 4.68. The molecule has 0 bridgehead atoms. The average molecular weight is 230 g/mol. The third-order valence-corrected chi connectivity index (χ3v) is 2.46. The van der Waals surface area contributed by atoms with Crippen LogP contribution in [0, 0.1) is 17.8 Å². The molecule has 94 valence electrons. The molecule has 0 aliphatic carbocycles. The lowest BCUT2D eigenvalue weighted by atomic mass is 9.96. The van der Waals surface area contributed by atoms with Crippen LogP contribution in [0.3, 0.4) is 0 Å². The lowest BCUT2D eigenvalue weighted by Gasteiger charge is -2.26. The van der Waals surface area contributed by atoms with E-state index in [2.05, 4.69) is 0 Å². The van der Waals surface area contributed by atoms with E-state index in [0.717, 1.165) is 0 Å². The van der Waals surface area contributed by atoms with Crippen molar-refractivity contribution in [3.63, 3.8) is 0 Å². The molecule has 0 aromatic carbocycles. The van der Waals surface area contributed by atoms with Gasteiger partial charge in [0.2, 0.25) is 0 Å². The van der Waals surface area contributed by atoms with Crippen LogP contribution in [0.4, 0.5) is 4.39 Å². The Bertz CT molecular complexity index is 226. The highest BCUT2D eigenvalue weighted by atomic mass is 19.1. The molecule has 0 aromatic rings. The Kier molecular flexibility index (Phi) is 7.02. The van der Waals surface area contributed by atoms with Gasteiger partial charge in [-0.2, -0.15) is 0 Å². The molecule has 0 radical (unpaired) electrons. The van der Waals surface area contributed by atoms with Crippen molar-refractivity contribution in [2.45, 2.75) is 40.7 Å². The van der Waals surface area contributed by atoms with E-state index in [-0.39, 0.29) is 17.9 Å². The zero-order chi connectivity index (χ0) is 12.7. The Morgan fingerprint density at radius 3 is 2.06 bits per heavy atom. The molecule has 0 heterocycles. The monoisotopic (exact) mass is 230 g/mol. The molecule has 0 aromatic heterocycles. The first-order valence-electron chi connectivity index (χ1n) is 5.83. The summed E-state index contributed by atoms with van der Waals surface area (Å²) in [5.74, 6) is -0.734. The number of hydrogen-bond acceptors (Lipinski definition) is 2. The van der Waals surface area contributed by atoms with Gasteiger partial charge in [0.05, 0.1) is 0 Å². The molecule has 0 spiro atoms. The van der Waals surface area contributed by atoms with Gasteiger partial charge < -0.3 is 4.74 Å². The molecular weight excluding hydrogens is 207 g/mol. The van der Waals surface area contributed by atoms with E-state index in [9.17, 15) is 9.18 Å². The molecule has 1 unspecified atom stereocenters. The molecule has 3 heteroatoms. The van der Waals surface area contributed by atoms with Crippen molar-refractivity contribution in [2.75, 3.05) is 6.67 Å². The number of hydrogen-bond donors (Lipinski definition) is 0. The highest BCUT2D eigenvalue weighted by Crippen LogP contribution is 2.18. The van der Waals surface area contributed by atoms with Crippen LogP contribution >= 0.6 is 0 Å². The van der Waals surface area contributed by atoms with Crippen LogP contribution in [0.1, 0.15) is 34.6 Å². The van der Waals surface area contributed by atoms with Gasteiger partial charge in [-0.1, -0.05) is 39.8 Å². The third-order valence-electron chi connectivity index (χ3n) is 2.46. The second kappa shape index (κ2) is 7.42. The van der Waals surface area contributed by atoms with E-state index >= 15 is 0 Å². The second-order valence-corrected chi connectivity index (χ2v) is 4.68. The maximum absolute atomic E-state index is 12.6. The van der Waals surface area contributed by atoms with Gasteiger partial charge in [-0.15, -0.1) is 0 Å². The zero-order valence-electron chi connectivity index (χ0n) is 10.9. The number of allylic oxidation sites excluding steroid dienone is 1. The van der Waals surface area contributed by atoms with Crippen molar-refractivity contribution in [2.24, 2.45) is 17.8 Å². The fourth-order valence-corrected chi connectivity index (χ4v) is 1.69. The average Bonchev–Trinajstić information content (AvgIpc) is 2.21. The van der Waals surface area contributed by atoms with Crippen LogP contribution in [-0.4, -0.2) is 18.7 Å². The number of ether oxygens (including phenoxy) is 1. The smallest absolute Gasteiger partial charge is 0.315 e. The maximum Gasteiger partial charge on any atom is 0.315 e. The minimum absolute atomic E-state index is 0.146. The molecule has 1 atom stereocenters. The number of halogens is 1. The van der Waals surface area contributed by atoms with Gasteiger partial charge in [-0.25, -0.2) is 4.39 Å². The van der Waals surface area contributed by atoms with Crippen LogP contribution in [0.2, 0.25) is 0 Å². The van der Waals surface area contributed by atoms with E-state index in [1.165, 1.54) is 0 Å². The van der Waals surface area contributed by atoms with Crippen molar-refractivity contribution in [3.05, 3.63) is 12.2 Å². The van der Waals surface area contributed by atoms with Gasteiger partial charge >= 0.3 is 5.97 Å². The fraction of sp³-hybridized carbons (Fsp3) is 0.769. The minimum atomic E-state index is -0.759. The van der Waals surface area contributed by atoms with Crippen LogP contribution < -0.4 is 0 Å². The molecule has 0 saturated carbocycles.